The molecule has 0 aliphatic carbocycles. The first kappa shape index (κ1) is 17.3. The van der Waals surface area contributed by atoms with Crippen molar-refractivity contribution in [2.75, 3.05) is 16.0 Å². The zero-order valence-corrected chi connectivity index (χ0v) is 14.9. The maximum Gasteiger partial charge on any atom is 0.249 e. The quantitative estimate of drug-likeness (QED) is 0.647. The van der Waals surface area contributed by atoms with Gasteiger partial charge in [0.05, 0.1) is 6.20 Å². The lowest BCUT2D eigenvalue weighted by molar-refractivity contribution is -0.114. The van der Waals surface area contributed by atoms with Crippen LogP contribution in [0.1, 0.15) is 18.1 Å². The summed E-state index contributed by atoms with van der Waals surface area (Å²) in [5.41, 5.74) is 4.78. The van der Waals surface area contributed by atoms with Gasteiger partial charge >= 0.3 is 0 Å². The smallest absolute Gasteiger partial charge is 0.249 e. The van der Waals surface area contributed by atoms with Crippen LogP contribution in [-0.2, 0) is 4.79 Å². The number of carbonyl (C=O) groups is 1. The molecule has 0 aliphatic rings. The Balaban J connectivity index is 1.77. The Morgan fingerprint density at radius 3 is 2.58 bits per heavy atom. The number of nitrogens with one attached hydrogen (secondary N) is 3. The highest BCUT2D eigenvalue weighted by Gasteiger charge is 2.05. The van der Waals surface area contributed by atoms with Gasteiger partial charge in [0, 0.05) is 24.0 Å². The van der Waals surface area contributed by atoms with Crippen LogP contribution in [0.25, 0.3) is 0 Å². The van der Waals surface area contributed by atoms with Crippen LogP contribution in [0.4, 0.5) is 28.8 Å². The lowest BCUT2D eigenvalue weighted by Crippen LogP contribution is -2.06. The molecule has 1 heterocycles. The van der Waals surface area contributed by atoms with Gasteiger partial charge in [-0.15, -0.1) is 5.10 Å². The fourth-order valence-corrected chi connectivity index (χ4v) is 2.45. The van der Waals surface area contributed by atoms with Crippen molar-refractivity contribution in [3.05, 3.63) is 59.8 Å². The number of carbonyl (C=O) groups excluding carboxylic acids is 1. The monoisotopic (exact) mass is 348 g/mol. The maximum absolute atomic E-state index is 11.2. The predicted octanol–water partition coefficient (Wildman–Crippen LogP) is 3.93. The molecule has 0 bridgehead atoms. The van der Waals surface area contributed by atoms with Crippen molar-refractivity contribution in [3.8, 4) is 0 Å². The fraction of sp³-hybridized carbons (Fsp3) is 0.158. The molecule has 0 unspecified atom stereocenters. The van der Waals surface area contributed by atoms with Gasteiger partial charge in [-0.25, -0.2) is 0 Å². The van der Waals surface area contributed by atoms with Crippen molar-refractivity contribution in [2.45, 2.75) is 20.8 Å². The Labute approximate surface area is 151 Å². The molecule has 7 heteroatoms. The van der Waals surface area contributed by atoms with Crippen LogP contribution in [-0.4, -0.2) is 21.1 Å². The summed E-state index contributed by atoms with van der Waals surface area (Å²) >= 11 is 0. The number of benzene rings is 2. The molecular formula is C19H20N6O. The van der Waals surface area contributed by atoms with Crippen LogP contribution >= 0.6 is 0 Å². The zero-order valence-electron chi connectivity index (χ0n) is 14.9. The first-order valence-electron chi connectivity index (χ1n) is 8.19. The van der Waals surface area contributed by atoms with E-state index in [2.05, 4.69) is 51.0 Å². The first-order valence-corrected chi connectivity index (χ1v) is 8.19. The fourth-order valence-electron chi connectivity index (χ4n) is 2.45. The second kappa shape index (κ2) is 7.60. The molecule has 3 rings (SSSR count). The molecule has 0 aliphatic heterocycles. The minimum absolute atomic E-state index is 0.125. The van der Waals surface area contributed by atoms with Crippen molar-refractivity contribution in [3.63, 3.8) is 0 Å². The summed E-state index contributed by atoms with van der Waals surface area (Å²) in [5, 5.41) is 17.1. The van der Waals surface area contributed by atoms with Gasteiger partial charge in [-0.3, -0.25) is 4.79 Å². The normalized spacial score (nSPS) is 10.3. The van der Waals surface area contributed by atoms with E-state index >= 15 is 0 Å². The molecule has 1 amide bonds. The number of aromatic nitrogens is 3. The molecule has 0 saturated heterocycles. The topological polar surface area (TPSA) is 91.8 Å². The van der Waals surface area contributed by atoms with E-state index in [1.807, 2.05) is 30.3 Å². The predicted molar refractivity (Wildman–Crippen MR) is 103 cm³/mol. The van der Waals surface area contributed by atoms with Crippen molar-refractivity contribution in [1.29, 1.82) is 0 Å². The summed E-state index contributed by atoms with van der Waals surface area (Å²) < 4.78 is 0. The summed E-state index contributed by atoms with van der Waals surface area (Å²) in [5.74, 6) is 0.828. The third kappa shape index (κ3) is 4.32. The number of anilines is 5. The van der Waals surface area contributed by atoms with Crippen LogP contribution in [0.15, 0.2) is 48.7 Å². The van der Waals surface area contributed by atoms with E-state index in [9.17, 15) is 4.79 Å². The van der Waals surface area contributed by atoms with Crippen molar-refractivity contribution < 1.29 is 4.79 Å². The molecule has 1 aromatic heterocycles. The van der Waals surface area contributed by atoms with E-state index in [1.54, 1.807) is 12.3 Å². The lowest BCUT2D eigenvalue weighted by atomic mass is 10.1. The molecule has 0 saturated carbocycles. The van der Waals surface area contributed by atoms with Gasteiger partial charge in [-0.2, -0.15) is 10.1 Å². The van der Waals surface area contributed by atoms with Crippen LogP contribution in [0.2, 0.25) is 0 Å². The maximum atomic E-state index is 11.2. The Morgan fingerprint density at radius 2 is 1.77 bits per heavy atom. The van der Waals surface area contributed by atoms with Gasteiger partial charge in [0.2, 0.25) is 11.9 Å². The Kier molecular flexibility index (Phi) is 5.07. The number of nitrogens with zero attached hydrogens (tertiary/aromatic N) is 3. The SMILES string of the molecule is CC(=O)Nc1cccc(Nc2nncc(Nc3cccc(C)c3C)n2)c1. The summed E-state index contributed by atoms with van der Waals surface area (Å²) in [6.45, 7) is 5.59. The van der Waals surface area contributed by atoms with E-state index in [-0.39, 0.29) is 5.91 Å². The molecule has 3 aromatic rings. The van der Waals surface area contributed by atoms with Crippen molar-refractivity contribution in [1.82, 2.24) is 15.2 Å². The van der Waals surface area contributed by atoms with Gasteiger partial charge in [0.15, 0.2) is 5.82 Å². The molecule has 0 atom stereocenters. The molecule has 0 fully saturated rings. The largest absolute Gasteiger partial charge is 0.339 e. The third-order valence-corrected chi connectivity index (χ3v) is 3.87. The van der Waals surface area contributed by atoms with E-state index < -0.39 is 0 Å². The molecule has 0 radical (unpaired) electrons. The zero-order chi connectivity index (χ0) is 18.5. The van der Waals surface area contributed by atoms with E-state index in [0.717, 1.165) is 16.9 Å². The number of rotatable bonds is 5. The first-order chi connectivity index (χ1) is 12.5. The second-order valence-electron chi connectivity index (χ2n) is 5.92. The molecule has 2 aromatic carbocycles. The van der Waals surface area contributed by atoms with Gasteiger partial charge in [-0.05, 0) is 49.2 Å². The molecule has 0 spiro atoms. The Bertz CT molecular complexity index is 941. The third-order valence-electron chi connectivity index (χ3n) is 3.87. The van der Waals surface area contributed by atoms with Gasteiger partial charge in [-0.1, -0.05) is 18.2 Å². The Hall–Kier alpha value is -3.48. The minimum atomic E-state index is -0.125. The summed E-state index contributed by atoms with van der Waals surface area (Å²) in [6.07, 6.45) is 1.57. The number of amides is 1. The minimum Gasteiger partial charge on any atom is -0.339 e. The molecule has 132 valence electrons. The van der Waals surface area contributed by atoms with Gasteiger partial charge in [0.1, 0.15) is 0 Å². The number of aryl methyl sites for hydroxylation is 1. The van der Waals surface area contributed by atoms with Gasteiger partial charge < -0.3 is 16.0 Å². The number of hydrogen-bond donors (Lipinski definition) is 3. The number of hydrogen-bond acceptors (Lipinski definition) is 6. The lowest BCUT2D eigenvalue weighted by Gasteiger charge is -2.11. The van der Waals surface area contributed by atoms with Crippen molar-refractivity contribution >= 4 is 34.7 Å². The average Bonchev–Trinajstić information content (AvgIpc) is 2.59. The van der Waals surface area contributed by atoms with Gasteiger partial charge in [0.25, 0.3) is 0 Å². The highest BCUT2D eigenvalue weighted by molar-refractivity contribution is 5.89. The summed E-state index contributed by atoms with van der Waals surface area (Å²) in [4.78, 5) is 15.6. The highest BCUT2D eigenvalue weighted by atomic mass is 16.1. The van der Waals surface area contributed by atoms with E-state index in [4.69, 9.17) is 0 Å². The summed E-state index contributed by atoms with van der Waals surface area (Å²) in [6, 6.07) is 13.4. The standard InChI is InChI=1S/C19H20N6O/c1-12-6-4-9-17(13(12)2)23-18-11-20-25-19(24-18)22-16-8-5-7-15(10-16)21-14(3)26/h4-11H,1-3H3,(H,21,26)(H2,22,23,24,25). The molecule has 7 nitrogen and oxygen atoms in total. The van der Waals surface area contributed by atoms with Crippen molar-refractivity contribution in [2.24, 2.45) is 0 Å². The summed E-state index contributed by atoms with van der Waals surface area (Å²) in [7, 11) is 0. The average molecular weight is 348 g/mol. The molecular weight excluding hydrogens is 328 g/mol. The highest BCUT2D eigenvalue weighted by Crippen LogP contribution is 2.22. The van der Waals surface area contributed by atoms with Crippen LogP contribution < -0.4 is 16.0 Å². The molecule has 3 N–H and O–H groups in total. The van der Waals surface area contributed by atoms with Crippen LogP contribution in [0.3, 0.4) is 0 Å². The van der Waals surface area contributed by atoms with E-state index in [0.29, 0.717) is 17.5 Å². The van der Waals surface area contributed by atoms with E-state index in [1.165, 1.54) is 12.5 Å². The van der Waals surface area contributed by atoms with Crippen LogP contribution in [0, 0.1) is 13.8 Å². The van der Waals surface area contributed by atoms with Crippen LogP contribution in [0.5, 0.6) is 0 Å². The second-order valence-corrected chi connectivity index (χ2v) is 5.92. The molecule has 26 heavy (non-hydrogen) atoms. The Morgan fingerprint density at radius 1 is 1.00 bits per heavy atom.